The van der Waals surface area contributed by atoms with Crippen molar-refractivity contribution in [1.82, 2.24) is 25.0 Å². The molecule has 0 saturated heterocycles. The van der Waals surface area contributed by atoms with E-state index in [9.17, 15) is 10.5 Å². The Morgan fingerprint density at radius 2 is 1.73 bits per heavy atom. The Balaban J connectivity index is 1.22. The summed E-state index contributed by atoms with van der Waals surface area (Å²) in [5.74, 6) is 1.54. The molecule has 0 radical (unpaired) electrons. The lowest BCUT2D eigenvalue weighted by atomic mass is 10.1. The third-order valence-corrected chi connectivity index (χ3v) is 7.40. The summed E-state index contributed by atoms with van der Waals surface area (Å²) >= 11 is 1.51. The lowest BCUT2D eigenvalue weighted by Gasteiger charge is -2.13. The molecule has 3 aromatic heterocycles. The van der Waals surface area contributed by atoms with Gasteiger partial charge in [-0.15, -0.1) is 16.4 Å². The van der Waals surface area contributed by atoms with Crippen LogP contribution < -0.4 is 10.1 Å². The second-order valence-corrected chi connectivity index (χ2v) is 10.3. The van der Waals surface area contributed by atoms with E-state index in [0.717, 1.165) is 43.9 Å². The summed E-state index contributed by atoms with van der Waals surface area (Å²) in [5, 5.41) is 32.4. The van der Waals surface area contributed by atoms with Crippen LogP contribution in [0, 0.1) is 36.5 Å². The van der Waals surface area contributed by atoms with E-state index in [-0.39, 0.29) is 0 Å². The zero-order valence-electron chi connectivity index (χ0n) is 22.2. The molecule has 198 valence electrons. The number of nitrogens with one attached hydrogen (secondary N) is 1. The Morgan fingerprint density at radius 1 is 0.951 bits per heavy atom. The van der Waals surface area contributed by atoms with Crippen molar-refractivity contribution < 1.29 is 4.74 Å². The molecule has 10 heteroatoms. The van der Waals surface area contributed by atoms with Crippen molar-refractivity contribution >= 4 is 33.2 Å². The van der Waals surface area contributed by atoms with E-state index in [4.69, 9.17) is 4.74 Å². The number of nitriles is 2. The lowest BCUT2D eigenvalue weighted by Crippen LogP contribution is -2.02. The van der Waals surface area contributed by atoms with Gasteiger partial charge in [0.2, 0.25) is 11.8 Å². The monoisotopic (exact) mass is 554 g/mol. The van der Waals surface area contributed by atoms with Gasteiger partial charge >= 0.3 is 0 Å². The summed E-state index contributed by atoms with van der Waals surface area (Å²) in [5.41, 5.74) is 7.04. The number of anilines is 2. The maximum absolute atomic E-state index is 9.35. The fourth-order valence-electron chi connectivity index (χ4n) is 4.54. The Hall–Kier alpha value is -5.58. The summed E-state index contributed by atoms with van der Waals surface area (Å²) in [6.45, 7) is 4.30. The molecular formula is C31H22N8OS. The van der Waals surface area contributed by atoms with Crippen LogP contribution in [-0.4, -0.2) is 25.0 Å². The van der Waals surface area contributed by atoms with E-state index in [1.165, 1.54) is 11.3 Å². The summed E-state index contributed by atoms with van der Waals surface area (Å²) < 4.78 is 8.87. The minimum Gasteiger partial charge on any atom is -0.437 e. The molecule has 1 N–H and O–H groups in total. The number of nitrogens with zero attached hydrogens (tertiary/aromatic N) is 7. The fraction of sp³-hybridized carbons (Fsp3) is 0.0968. The molecule has 0 fully saturated rings. The van der Waals surface area contributed by atoms with Crippen molar-refractivity contribution in [3.05, 3.63) is 106 Å². The van der Waals surface area contributed by atoms with Crippen LogP contribution >= 0.6 is 11.3 Å². The zero-order valence-corrected chi connectivity index (χ0v) is 23.0. The normalized spacial score (nSPS) is 10.7. The van der Waals surface area contributed by atoms with Gasteiger partial charge in [0.1, 0.15) is 16.1 Å². The third-order valence-electron chi connectivity index (χ3n) is 6.51. The molecule has 0 bridgehead atoms. The standard InChI is InChI=1S/C31H22N8OS/c1-19-13-21(15-32)14-20(2)28(19)40-30-29-26(11-12-41-29)35-31(36-30)34-25-9-7-22(8-10-25)27-18-39(38-37-27)17-24-6-4-3-5-23(24)16-33/h3-14,18H,17H2,1-2H3,(H,34,35,36). The van der Waals surface area contributed by atoms with Crippen molar-refractivity contribution in [3.63, 3.8) is 0 Å². The number of aryl methyl sites for hydroxylation is 2. The first-order valence-electron chi connectivity index (χ1n) is 12.7. The predicted octanol–water partition coefficient (Wildman–Crippen LogP) is 6.89. The number of rotatable bonds is 7. The molecule has 0 spiro atoms. The molecule has 0 amide bonds. The fourth-order valence-corrected chi connectivity index (χ4v) is 5.29. The molecule has 0 aliphatic rings. The van der Waals surface area contributed by atoms with Crippen LogP contribution in [0.5, 0.6) is 11.6 Å². The smallest absolute Gasteiger partial charge is 0.242 e. The molecule has 0 unspecified atom stereocenters. The Morgan fingerprint density at radius 3 is 2.49 bits per heavy atom. The number of hydrogen-bond acceptors (Lipinski definition) is 9. The first-order valence-corrected chi connectivity index (χ1v) is 13.6. The largest absolute Gasteiger partial charge is 0.437 e. The minimum absolute atomic E-state index is 0.407. The molecule has 9 nitrogen and oxygen atoms in total. The summed E-state index contributed by atoms with van der Waals surface area (Å²) in [4.78, 5) is 9.34. The lowest BCUT2D eigenvalue weighted by molar-refractivity contribution is 0.463. The van der Waals surface area contributed by atoms with Crippen LogP contribution in [0.4, 0.5) is 11.6 Å². The van der Waals surface area contributed by atoms with E-state index in [1.807, 2.05) is 74.0 Å². The number of benzene rings is 3. The van der Waals surface area contributed by atoms with Crippen LogP contribution in [-0.2, 0) is 6.54 Å². The van der Waals surface area contributed by atoms with Gasteiger partial charge in [0, 0.05) is 11.3 Å². The van der Waals surface area contributed by atoms with E-state index in [1.54, 1.807) is 22.9 Å². The van der Waals surface area contributed by atoms with Crippen LogP contribution in [0.25, 0.3) is 21.5 Å². The molecule has 0 aliphatic heterocycles. The van der Waals surface area contributed by atoms with Gasteiger partial charge in [0.25, 0.3) is 0 Å². The SMILES string of the molecule is Cc1cc(C#N)cc(C)c1Oc1nc(Nc2ccc(-c3cn(Cc4ccccc4C#N)nn3)cc2)nc2ccsc12. The summed E-state index contributed by atoms with van der Waals surface area (Å²) in [6.07, 6.45) is 1.86. The Kier molecular flexibility index (Phi) is 6.82. The van der Waals surface area contributed by atoms with E-state index < -0.39 is 0 Å². The van der Waals surface area contributed by atoms with Gasteiger partial charge in [-0.3, -0.25) is 0 Å². The zero-order chi connectivity index (χ0) is 28.3. The van der Waals surface area contributed by atoms with Crippen LogP contribution in [0.2, 0.25) is 0 Å². The van der Waals surface area contributed by atoms with Gasteiger partial charge in [0.05, 0.1) is 41.5 Å². The van der Waals surface area contributed by atoms with E-state index in [2.05, 4.69) is 37.7 Å². The molecule has 0 saturated carbocycles. The van der Waals surface area contributed by atoms with Crippen LogP contribution in [0.15, 0.2) is 78.3 Å². The maximum atomic E-state index is 9.35. The molecule has 6 rings (SSSR count). The average Bonchev–Trinajstić information content (AvgIpc) is 3.65. The van der Waals surface area contributed by atoms with Crippen LogP contribution in [0.3, 0.4) is 0 Å². The van der Waals surface area contributed by atoms with Gasteiger partial charge in [-0.05, 0) is 72.3 Å². The molecule has 3 heterocycles. The van der Waals surface area contributed by atoms with E-state index in [0.29, 0.717) is 35.2 Å². The van der Waals surface area contributed by atoms with Crippen molar-refractivity contribution in [1.29, 1.82) is 10.5 Å². The van der Waals surface area contributed by atoms with Gasteiger partial charge < -0.3 is 10.1 Å². The molecular weight excluding hydrogens is 532 g/mol. The van der Waals surface area contributed by atoms with Crippen molar-refractivity contribution in [2.24, 2.45) is 0 Å². The number of aromatic nitrogens is 5. The van der Waals surface area contributed by atoms with Crippen molar-refractivity contribution in [2.75, 3.05) is 5.32 Å². The molecule has 41 heavy (non-hydrogen) atoms. The Bertz CT molecular complexity index is 1960. The van der Waals surface area contributed by atoms with Gasteiger partial charge in [0.15, 0.2) is 0 Å². The first kappa shape index (κ1) is 25.7. The number of ether oxygens (including phenoxy) is 1. The highest BCUT2D eigenvalue weighted by Crippen LogP contribution is 2.36. The molecule has 3 aromatic carbocycles. The first-order chi connectivity index (χ1) is 20.0. The molecule has 0 atom stereocenters. The van der Waals surface area contributed by atoms with Gasteiger partial charge in [-0.2, -0.15) is 15.5 Å². The van der Waals surface area contributed by atoms with Gasteiger partial charge in [-0.1, -0.05) is 35.5 Å². The number of thiophene rings is 1. The Labute approximate surface area is 239 Å². The number of hydrogen-bond donors (Lipinski definition) is 1. The molecule has 0 aliphatic carbocycles. The topological polar surface area (TPSA) is 125 Å². The highest BCUT2D eigenvalue weighted by Gasteiger charge is 2.15. The average molecular weight is 555 g/mol. The maximum Gasteiger partial charge on any atom is 0.242 e. The van der Waals surface area contributed by atoms with Crippen LogP contribution in [0.1, 0.15) is 27.8 Å². The minimum atomic E-state index is 0.407. The quantitative estimate of drug-likeness (QED) is 0.226. The third kappa shape index (κ3) is 5.33. The van der Waals surface area contributed by atoms with Gasteiger partial charge in [-0.25, -0.2) is 9.67 Å². The highest BCUT2D eigenvalue weighted by atomic mass is 32.1. The second kappa shape index (κ2) is 10.9. The van der Waals surface area contributed by atoms with E-state index >= 15 is 0 Å². The summed E-state index contributed by atoms with van der Waals surface area (Å²) in [6, 6.07) is 25.2. The highest BCUT2D eigenvalue weighted by molar-refractivity contribution is 7.17. The number of fused-ring (bicyclic) bond motifs is 1. The molecule has 6 aromatic rings. The second-order valence-electron chi connectivity index (χ2n) is 9.41. The van der Waals surface area contributed by atoms with Crippen molar-refractivity contribution in [2.45, 2.75) is 20.4 Å². The van der Waals surface area contributed by atoms with Crippen molar-refractivity contribution in [3.8, 4) is 35.0 Å². The predicted molar refractivity (Wildman–Crippen MR) is 157 cm³/mol. The summed E-state index contributed by atoms with van der Waals surface area (Å²) in [7, 11) is 0.